The third-order valence-corrected chi connectivity index (χ3v) is 5.74. The Morgan fingerprint density at radius 3 is 2.78 bits per heavy atom. The Morgan fingerprint density at radius 1 is 1.30 bits per heavy atom. The molecule has 1 atom stereocenters. The van der Waals surface area contributed by atoms with Crippen LogP contribution in [-0.4, -0.2) is 48.0 Å². The molecule has 1 N–H and O–H groups in total. The summed E-state index contributed by atoms with van der Waals surface area (Å²) >= 11 is 0. The average molecular weight is 333 g/mol. The zero-order valence-corrected chi connectivity index (χ0v) is 13.7. The van der Waals surface area contributed by atoms with Crippen molar-refractivity contribution >= 4 is 21.5 Å². The van der Waals surface area contributed by atoms with Gasteiger partial charge >= 0.3 is 0 Å². The van der Waals surface area contributed by atoms with E-state index in [4.69, 9.17) is 0 Å². The Balaban J connectivity index is 1.67. The van der Waals surface area contributed by atoms with Crippen LogP contribution < -0.4 is 10.2 Å². The number of pyridine rings is 1. The Morgan fingerprint density at radius 2 is 2.09 bits per heavy atom. The van der Waals surface area contributed by atoms with Gasteiger partial charge in [-0.05, 0) is 24.1 Å². The molecular weight excluding hydrogens is 314 g/mol. The van der Waals surface area contributed by atoms with Crippen LogP contribution in [0.3, 0.4) is 0 Å². The summed E-state index contributed by atoms with van der Waals surface area (Å²) < 4.78 is 23.3. The molecule has 8 heteroatoms. The van der Waals surface area contributed by atoms with Crippen molar-refractivity contribution < 1.29 is 8.42 Å². The summed E-state index contributed by atoms with van der Waals surface area (Å²) in [5, 5.41) is 3.24. The fourth-order valence-electron chi connectivity index (χ4n) is 2.60. The third kappa shape index (κ3) is 3.95. The summed E-state index contributed by atoms with van der Waals surface area (Å²) in [6.07, 6.45) is 5.63. The van der Waals surface area contributed by atoms with Crippen molar-refractivity contribution in [1.29, 1.82) is 0 Å². The second-order valence-corrected chi connectivity index (χ2v) is 7.87. The van der Waals surface area contributed by atoms with Gasteiger partial charge in [-0.2, -0.15) is 0 Å². The van der Waals surface area contributed by atoms with Crippen LogP contribution in [0.4, 0.5) is 11.6 Å². The van der Waals surface area contributed by atoms with E-state index in [-0.39, 0.29) is 17.5 Å². The first kappa shape index (κ1) is 15.7. The summed E-state index contributed by atoms with van der Waals surface area (Å²) in [6.45, 7) is 0.639. The standard InChI is InChI=1S/C15H19N5O2S/c1-20(13-4-7-23(21,22)10-13)15-8-14(18-11-19-15)17-9-12-2-5-16-6-3-12/h2-3,5-6,8,11,13H,4,7,9-10H2,1H3,(H,17,18,19). The minimum absolute atomic E-state index is 0.0250. The topological polar surface area (TPSA) is 88.1 Å². The molecule has 2 aromatic heterocycles. The fourth-order valence-corrected chi connectivity index (χ4v) is 4.37. The molecule has 122 valence electrons. The number of rotatable bonds is 5. The molecule has 1 aliphatic rings. The average Bonchev–Trinajstić information content (AvgIpc) is 2.93. The number of hydrogen-bond donors (Lipinski definition) is 1. The molecule has 0 radical (unpaired) electrons. The van der Waals surface area contributed by atoms with Crippen molar-refractivity contribution in [2.24, 2.45) is 0 Å². The summed E-state index contributed by atoms with van der Waals surface area (Å²) in [5.41, 5.74) is 1.11. The van der Waals surface area contributed by atoms with Gasteiger partial charge in [0.15, 0.2) is 9.84 Å². The molecule has 1 aliphatic heterocycles. The van der Waals surface area contributed by atoms with Crippen molar-refractivity contribution in [1.82, 2.24) is 15.0 Å². The number of aromatic nitrogens is 3. The zero-order valence-electron chi connectivity index (χ0n) is 12.9. The first-order valence-electron chi connectivity index (χ1n) is 7.41. The van der Waals surface area contributed by atoms with E-state index in [1.165, 1.54) is 6.33 Å². The van der Waals surface area contributed by atoms with Crippen LogP contribution in [0.1, 0.15) is 12.0 Å². The second kappa shape index (κ2) is 6.49. The van der Waals surface area contributed by atoms with Gasteiger partial charge in [0.05, 0.1) is 11.5 Å². The van der Waals surface area contributed by atoms with Gasteiger partial charge in [0.25, 0.3) is 0 Å². The van der Waals surface area contributed by atoms with Crippen LogP contribution in [0.2, 0.25) is 0 Å². The van der Waals surface area contributed by atoms with Crippen LogP contribution in [-0.2, 0) is 16.4 Å². The summed E-state index contributed by atoms with van der Waals surface area (Å²) in [5.74, 6) is 1.87. The van der Waals surface area contributed by atoms with E-state index in [1.54, 1.807) is 12.4 Å². The molecule has 1 fully saturated rings. The minimum atomic E-state index is -2.91. The summed E-state index contributed by atoms with van der Waals surface area (Å²) in [7, 11) is -1.04. The van der Waals surface area contributed by atoms with Crippen LogP contribution in [0.25, 0.3) is 0 Å². The van der Waals surface area contributed by atoms with E-state index >= 15 is 0 Å². The Bertz CT molecular complexity index is 766. The zero-order chi connectivity index (χ0) is 16.3. The molecule has 7 nitrogen and oxygen atoms in total. The lowest BCUT2D eigenvalue weighted by atomic mass is 10.2. The molecule has 3 heterocycles. The second-order valence-electron chi connectivity index (χ2n) is 5.64. The van der Waals surface area contributed by atoms with Gasteiger partial charge in [-0.3, -0.25) is 4.98 Å². The Labute approximate surface area is 135 Å². The van der Waals surface area contributed by atoms with E-state index in [0.29, 0.717) is 18.8 Å². The molecule has 23 heavy (non-hydrogen) atoms. The predicted molar refractivity (Wildman–Crippen MR) is 89.1 cm³/mol. The van der Waals surface area contributed by atoms with Crippen LogP contribution in [0.5, 0.6) is 0 Å². The number of anilines is 2. The van der Waals surface area contributed by atoms with Crippen molar-refractivity contribution in [3.63, 3.8) is 0 Å². The normalized spacial score (nSPS) is 19.4. The molecule has 0 bridgehead atoms. The van der Waals surface area contributed by atoms with Crippen molar-refractivity contribution in [3.05, 3.63) is 42.5 Å². The Kier molecular flexibility index (Phi) is 4.42. The molecule has 0 aliphatic carbocycles. The SMILES string of the molecule is CN(c1cc(NCc2ccncc2)ncn1)C1CCS(=O)(=O)C1. The maximum Gasteiger partial charge on any atom is 0.152 e. The summed E-state index contributed by atoms with van der Waals surface area (Å²) in [4.78, 5) is 14.4. The van der Waals surface area contributed by atoms with E-state index in [0.717, 1.165) is 11.4 Å². The maximum absolute atomic E-state index is 11.6. The fraction of sp³-hybridized carbons (Fsp3) is 0.400. The van der Waals surface area contributed by atoms with Crippen molar-refractivity contribution in [2.45, 2.75) is 19.0 Å². The molecule has 1 unspecified atom stereocenters. The molecule has 0 spiro atoms. The lowest BCUT2D eigenvalue weighted by Crippen LogP contribution is -2.33. The molecule has 0 aromatic carbocycles. The van der Waals surface area contributed by atoms with E-state index < -0.39 is 9.84 Å². The van der Waals surface area contributed by atoms with E-state index in [2.05, 4.69) is 20.3 Å². The smallest absolute Gasteiger partial charge is 0.152 e. The quantitative estimate of drug-likeness (QED) is 0.876. The van der Waals surface area contributed by atoms with Gasteiger partial charge in [0, 0.05) is 38.1 Å². The molecule has 0 amide bonds. The van der Waals surface area contributed by atoms with Crippen LogP contribution in [0, 0.1) is 0 Å². The predicted octanol–water partition coefficient (Wildman–Crippen LogP) is 1.11. The van der Waals surface area contributed by atoms with Gasteiger partial charge in [-0.25, -0.2) is 18.4 Å². The van der Waals surface area contributed by atoms with E-state index in [9.17, 15) is 8.42 Å². The molecule has 2 aromatic rings. The monoisotopic (exact) mass is 333 g/mol. The van der Waals surface area contributed by atoms with Crippen molar-refractivity contribution in [3.8, 4) is 0 Å². The number of nitrogens with zero attached hydrogens (tertiary/aromatic N) is 4. The summed E-state index contributed by atoms with van der Waals surface area (Å²) in [6, 6.07) is 5.68. The minimum Gasteiger partial charge on any atom is -0.366 e. The molecule has 0 saturated carbocycles. The molecular formula is C15H19N5O2S. The lowest BCUT2D eigenvalue weighted by molar-refractivity contribution is 0.600. The highest BCUT2D eigenvalue weighted by Crippen LogP contribution is 2.22. The van der Waals surface area contributed by atoms with E-state index in [1.807, 2.05) is 30.1 Å². The van der Waals surface area contributed by atoms with Gasteiger partial charge in [0.2, 0.25) is 0 Å². The Hall–Kier alpha value is -2.22. The van der Waals surface area contributed by atoms with Gasteiger partial charge in [0.1, 0.15) is 18.0 Å². The number of hydrogen-bond acceptors (Lipinski definition) is 7. The van der Waals surface area contributed by atoms with Crippen molar-refractivity contribution in [2.75, 3.05) is 28.8 Å². The first-order chi connectivity index (χ1) is 11.0. The number of nitrogens with one attached hydrogen (secondary N) is 1. The van der Waals surface area contributed by atoms with Crippen LogP contribution >= 0.6 is 0 Å². The maximum atomic E-state index is 11.6. The molecule has 1 saturated heterocycles. The highest BCUT2D eigenvalue weighted by molar-refractivity contribution is 7.91. The highest BCUT2D eigenvalue weighted by Gasteiger charge is 2.31. The number of sulfone groups is 1. The molecule has 3 rings (SSSR count). The van der Waals surface area contributed by atoms with Gasteiger partial charge in [-0.15, -0.1) is 0 Å². The first-order valence-corrected chi connectivity index (χ1v) is 9.24. The largest absolute Gasteiger partial charge is 0.366 e. The highest BCUT2D eigenvalue weighted by atomic mass is 32.2. The van der Waals surface area contributed by atoms with Gasteiger partial charge in [-0.1, -0.05) is 0 Å². The van der Waals surface area contributed by atoms with Crippen LogP contribution in [0.15, 0.2) is 36.9 Å². The van der Waals surface area contributed by atoms with Gasteiger partial charge < -0.3 is 10.2 Å². The third-order valence-electron chi connectivity index (χ3n) is 3.99. The lowest BCUT2D eigenvalue weighted by Gasteiger charge is -2.24.